The second-order valence-corrected chi connectivity index (χ2v) is 12.5. The SMILES string of the molecule is CNC(CCOc1cccc(CN2CCN([C@@]3(C(=O)c4ccccn4)CCOC(C)(C)C3)CC2)c1)c1cccs1. The molecule has 2 fully saturated rings. The third-order valence-electron chi connectivity index (χ3n) is 8.24. The largest absolute Gasteiger partial charge is 0.494 e. The minimum atomic E-state index is -0.579. The molecule has 0 saturated carbocycles. The highest BCUT2D eigenvalue weighted by molar-refractivity contribution is 7.10. The fraction of sp³-hybridized carbons (Fsp3) is 0.500. The van der Waals surface area contributed by atoms with Gasteiger partial charge in [0.2, 0.25) is 5.78 Å². The van der Waals surface area contributed by atoms with E-state index in [4.69, 9.17) is 9.47 Å². The van der Waals surface area contributed by atoms with Crippen LogP contribution in [0.5, 0.6) is 5.75 Å². The zero-order chi connectivity index (χ0) is 28.0. The lowest BCUT2D eigenvalue weighted by molar-refractivity contribution is -0.113. The van der Waals surface area contributed by atoms with Crippen LogP contribution in [0, 0.1) is 0 Å². The molecule has 4 heterocycles. The van der Waals surface area contributed by atoms with E-state index >= 15 is 0 Å². The Hall–Kier alpha value is -2.62. The van der Waals surface area contributed by atoms with Crippen molar-refractivity contribution in [1.82, 2.24) is 20.1 Å². The molecule has 0 bridgehead atoms. The first-order valence-corrected chi connectivity index (χ1v) is 15.3. The first-order chi connectivity index (χ1) is 19.4. The van der Waals surface area contributed by atoms with Crippen LogP contribution in [0.2, 0.25) is 0 Å². The van der Waals surface area contributed by atoms with Gasteiger partial charge in [0.15, 0.2) is 0 Å². The molecule has 0 amide bonds. The summed E-state index contributed by atoms with van der Waals surface area (Å²) in [6.45, 7) is 9.83. The summed E-state index contributed by atoms with van der Waals surface area (Å²) in [7, 11) is 2.00. The van der Waals surface area contributed by atoms with Crippen molar-refractivity contribution in [2.45, 2.75) is 56.8 Å². The predicted octanol–water partition coefficient (Wildman–Crippen LogP) is 5.20. The van der Waals surface area contributed by atoms with Crippen LogP contribution in [-0.4, -0.2) is 78.1 Å². The van der Waals surface area contributed by atoms with E-state index in [0.29, 0.717) is 37.8 Å². The Morgan fingerprint density at radius 2 is 1.98 bits per heavy atom. The Morgan fingerprint density at radius 3 is 2.67 bits per heavy atom. The molecule has 8 heteroatoms. The fourth-order valence-corrected chi connectivity index (χ4v) is 7.09. The van der Waals surface area contributed by atoms with E-state index in [1.165, 1.54) is 10.4 Å². The van der Waals surface area contributed by atoms with Crippen molar-refractivity contribution >= 4 is 17.1 Å². The van der Waals surface area contributed by atoms with Crippen LogP contribution < -0.4 is 10.1 Å². The number of piperazine rings is 1. The summed E-state index contributed by atoms with van der Waals surface area (Å²) >= 11 is 1.78. The maximum atomic E-state index is 13.9. The van der Waals surface area contributed by atoms with Gasteiger partial charge >= 0.3 is 0 Å². The molecule has 5 rings (SSSR count). The number of aromatic nitrogens is 1. The smallest absolute Gasteiger partial charge is 0.201 e. The first kappa shape index (κ1) is 28.9. The Morgan fingerprint density at radius 1 is 1.12 bits per heavy atom. The van der Waals surface area contributed by atoms with Gasteiger partial charge in [-0.3, -0.25) is 19.6 Å². The number of hydrogen-bond acceptors (Lipinski definition) is 8. The van der Waals surface area contributed by atoms with Crippen molar-refractivity contribution in [3.63, 3.8) is 0 Å². The van der Waals surface area contributed by atoms with Crippen LogP contribution in [0.1, 0.15) is 60.1 Å². The van der Waals surface area contributed by atoms with E-state index in [-0.39, 0.29) is 11.4 Å². The van der Waals surface area contributed by atoms with Gasteiger partial charge < -0.3 is 14.8 Å². The minimum absolute atomic E-state index is 0.127. The lowest BCUT2D eigenvalue weighted by Gasteiger charge is -2.52. The number of nitrogens with zero attached hydrogens (tertiary/aromatic N) is 3. The molecule has 1 unspecified atom stereocenters. The molecule has 1 N–H and O–H groups in total. The Labute approximate surface area is 242 Å². The maximum Gasteiger partial charge on any atom is 0.201 e. The molecule has 2 aliphatic heterocycles. The van der Waals surface area contributed by atoms with Crippen LogP contribution in [0.25, 0.3) is 0 Å². The molecule has 2 saturated heterocycles. The number of pyridine rings is 1. The number of hydrogen-bond donors (Lipinski definition) is 1. The molecular weight excluding hydrogens is 520 g/mol. The third-order valence-corrected chi connectivity index (χ3v) is 9.23. The fourth-order valence-electron chi connectivity index (χ4n) is 6.22. The number of ketones is 1. The molecule has 1 aromatic carbocycles. The number of carbonyl (C=O) groups is 1. The van der Waals surface area contributed by atoms with Crippen LogP contribution in [0.3, 0.4) is 0 Å². The molecule has 3 aromatic rings. The van der Waals surface area contributed by atoms with Gasteiger partial charge in [-0.25, -0.2) is 0 Å². The van der Waals surface area contributed by atoms with E-state index in [2.05, 4.69) is 69.7 Å². The Kier molecular flexibility index (Phi) is 9.33. The Bertz CT molecular complexity index is 1230. The van der Waals surface area contributed by atoms with Gasteiger partial charge in [-0.05, 0) is 68.6 Å². The summed E-state index contributed by atoms with van der Waals surface area (Å²) in [5, 5.41) is 5.51. The number of nitrogens with one attached hydrogen (secondary N) is 1. The summed E-state index contributed by atoms with van der Waals surface area (Å²) in [6.07, 6.45) is 4.01. The van der Waals surface area contributed by atoms with Gasteiger partial charge in [0, 0.05) is 69.3 Å². The normalized spacial score (nSPS) is 22.6. The highest BCUT2D eigenvalue weighted by Gasteiger charge is 2.51. The lowest BCUT2D eigenvalue weighted by Crippen LogP contribution is -2.65. The summed E-state index contributed by atoms with van der Waals surface area (Å²) in [4.78, 5) is 24.6. The second-order valence-electron chi connectivity index (χ2n) is 11.5. The van der Waals surface area contributed by atoms with Gasteiger partial charge in [0.05, 0.1) is 17.7 Å². The Balaban J connectivity index is 1.18. The van der Waals surface area contributed by atoms with Crippen LogP contribution in [-0.2, 0) is 11.3 Å². The number of rotatable bonds is 11. The van der Waals surface area contributed by atoms with Gasteiger partial charge in [0.1, 0.15) is 11.4 Å². The average molecular weight is 563 g/mol. The molecule has 2 aliphatic rings. The predicted molar refractivity (Wildman–Crippen MR) is 160 cm³/mol. The van der Waals surface area contributed by atoms with Crippen molar-refractivity contribution < 1.29 is 14.3 Å². The minimum Gasteiger partial charge on any atom is -0.494 e. The van der Waals surface area contributed by atoms with Crippen molar-refractivity contribution in [2.75, 3.05) is 46.4 Å². The van der Waals surface area contributed by atoms with Crippen molar-refractivity contribution in [2.24, 2.45) is 0 Å². The van der Waals surface area contributed by atoms with E-state index in [1.54, 1.807) is 17.5 Å². The average Bonchev–Trinajstić information content (AvgIpc) is 3.50. The van der Waals surface area contributed by atoms with Gasteiger partial charge in [-0.1, -0.05) is 24.3 Å². The van der Waals surface area contributed by atoms with Crippen LogP contribution in [0.15, 0.2) is 66.2 Å². The molecular formula is C32H42N4O3S. The molecule has 0 aliphatic carbocycles. The molecule has 7 nitrogen and oxygen atoms in total. The molecule has 0 spiro atoms. The van der Waals surface area contributed by atoms with Gasteiger partial charge in [-0.2, -0.15) is 0 Å². The molecule has 2 atom stereocenters. The number of benzene rings is 1. The topological polar surface area (TPSA) is 66.9 Å². The summed E-state index contributed by atoms with van der Waals surface area (Å²) in [5.74, 6) is 1.05. The van der Waals surface area contributed by atoms with E-state index in [0.717, 1.165) is 44.9 Å². The summed E-state index contributed by atoms with van der Waals surface area (Å²) < 4.78 is 12.2. The monoisotopic (exact) mass is 562 g/mol. The quantitative estimate of drug-likeness (QED) is 0.322. The van der Waals surface area contributed by atoms with Crippen molar-refractivity contribution in [3.05, 3.63) is 82.3 Å². The third kappa shape index (κ3) is 6.81. The highest BCUT2D eigenvalue weighted by Crippen LogP contribution is 2.39. The molecule has 2 aromatic heterocycles. The van der Waals surface area contributed by atoms with Crippen molar-refractivity contribution in [3.8, 4) is 5.75 Å². The van der Waals surface area contributed by atoms with Crippen molar-refractivity contribution in [1.29, 1.82) is 0 Å². The van der Waals surface area contributed by atoms with Crippen LogP contribution >= 0.6 is 11.3 Å². The van der Waals surface area contributed by atoms with Gasteiger partial charge in [0.25, 0.3) is 0 Å². The first-order valence-electron chi connectivity index (χ1n) is 14.4. The molecule has 0 radical (unpaired) electrons. The van der Waals surface area contributed by atoms with E-state index < -0.39 is 5.54 Å². The zero-order valence-corrected chi connectivity index (χ0v) is 24.8. The van der Waals surface area contributed by atoms with Crippen LogP contribution in [0.4, 0.5) is 0 Å². The summed E-state index contributed by atoms with van der Waals surface area (Å²) in [5.41, 5.74) is 0.873. The molecule has 40 heavy (non-hydrogen) atoms. The summed E-state index contributed by atoms with van der Waals surface area (Å²) in [6, 6.07) is 18.7. The number of thiophene rings is 1. The van der Waals surface area contributed by atoms with E-state index in [9.17, 15) is 4.79 Å². The highest BCUT2D eigenvalue weighted by atomic mass is 32.1. The van der Waals surface area contributed by atoms with Gasteiger partial charge in [-0.15, -0.1) is 11.3 Å². The number of ether oxygens (including phenoxy) is 2. The molecule has 214 valence electrons. The number of Topliss-reactive ketones (excluding diaryl/α,β-unsaturated/α-hetero) is 1. The lowest BCUT2D eigenvalue weighted by atomic mass is 9.75. The second kappa shape index (κ2) is 12.9. The number of carbonyl (C=O) groups excluding carboxylic acids is 1. The maximum absolute atomic E-state index is 13.9. The standard InChI is InChI=1S/C32H42N4O3S/c1-31(2)24-32(13-20-39-31,30(37)28-10-4-5-14-34-28)36-17-15-35(16-18-36)23-25-8-6-9-26(22-25)38-19-12-27(33-3)29-11-7-21-40-29/h4-11,14,21-22,27,33H,12-13,15-20,23-24H2,1-3H3/t27?,32-/m0/s1. The zero-order valence-electron chi connectivity index (χ0n) is 24.0. The van der Waals surface area contributed by atoms with E-state index in [1.807, 2.05) is 31.3 Å².